The normalized spacial score (nSPS) is 10.4. The number of methoxy groups -OCH3 is 1. The van der Waals surface area contributed by atoms with Crippen LogP contribution in [0.2, 0.25) is 0 Å². The lowest BCUT2D eigenvalue weighted by atomic mass is 10.1. The smallest absolute Gasteiger partial charge is 0.224 e. The molecular weight excluding hydrogens is 350 g/mol. The maximum atomic E-state index is 12.5. The summed E-state index contributed by atoms with van der Waals surface area (Å²) in [6.45, 7) is 2.46. The third-order valence-electron chi connectivity index (χ3n) is 4.46. The molecule has 3 rings (SSSR count). The van der Waals surface area contributed by atoms with E-state index in [0.29, 0.717) is 30.9 Å². The van der Waals surface area contributed by atoms with Crippen molar-refractivity contribution in [2.24, 2.45) is 0 Å². The maximum absolute atomic E-state index is 12.5. The second-order valence-electron chi connectivity index (χ2n) is 6.63. The molecule has 4 heteroatoms. The second kappa shape index (κ2) is 9.60. The van der Waals surface area contributed by atoms with Gasteiger partial charge in [-0.15, -0.1) is 0 Å². The fourth-order valence-corrected chi connectivity index (χ4v) is 2.96. The number of para-hydroxylation sites is 1. The highest BCUT2D eigenvalue weighted by atomic mass is 16.5. The van der Waals surface area contributed by atoms with Crippen molar-refractivity contribution in [1.29, 1.82) is 0 Å². The first kappa shape index (κ1) is 19.5. The number of amides is 1. The van der Waals surface area contributed by atoms with Gasteiger partial charge in [0.2, 0.25) is 5.91 Å². The topological polar surface area (TPSA) is 47.6 Å². The molecule has 1 amide bonds. The molecule has 0 bridgehead atoms. The van der Waals surface area contributed by atoms with E-state index in [-0.39, 0.29) is 5.91 Å². The van der Waals surface area contributed by atoms with Gasteiger partial charge in [0.15, 0.2) is 0 Å². The van der Waals surface area contributed by atoms with Gasteiger partial charge in [0.25, 0.3) is 0 Å². The number of aryl methyl sites for hydroxylation is 2. The van der Waals surface area contributed by atoms with Crippen LogP contribution >= 0.6 is 0 Å². The molecule has 0 atom stereocenters. The Labute approximate surface area is 166 Å². The lowest BCUT2D eigenvalue weighted by Crippen LogP contribution is -2.13. The molecular formula is C24H25NO3. The van der Waals surface area contributed by atoms with Gasteiger partial charge >= 0.3 is 0 Å². The van der Waals surface area contributed by atoms with Crippen molar-refractivity contribution in [1.82, 2.24) is 0 Å². The zero-order valence-electron chi connectivity index (χ0n) is 16.3. The zero-order valence-corrected chi connectivity index (χ0v) is 16.3. The Morgan fingerprint density at radius 3 is 2.46 bits per heavy atom. The first-order chi connectivity index (χ1) is 13.7. The summed E-state index contributed by atoms with van der Waals surface area (Å²) in [6.07, 6.45) is 0.980. The summed E-state index contributed by atoms with van der Waals surface area (Å²) in [5.74, 6) is 1.42. The van der Waals surface area contributed by atoms with Crippen LogP contribution in [0.3, 0.4) is 0 Å². The van der Waals surface area contributed by atoms with Gasteiger partial charge in [-0.2, -0.15) is 0 Å². The molecule has 0 aromatic heterocycles. The molecule has 0 aliphatic heterocycles. The van der Waals surface area contributed by atoms with E-state index in [2.05, 4.69) is 5.32 Å². The number of anilines is 1. The summed E-state index contributed by atoms with van der Waals surface area (Å²) in [7, 11) is 1.64. The van der Waals surface area contributed by atoms with Crippen molar-refractivity contribution < 1.29 is 14.3 Å². The van der Waals surface area contributed by atoms with Crippen LogP contribution in [0.15, 0.2) is 72.8 Å². The molecule has 0 saturated heterocycles. The average molecular weight is 375 g/mol. The molecule has 0 unspecified atom stereocenters. The molecule has 144 valence electrons. The predicted molar refractivity (Wildman–Crippen MR) is 112 cm³/mol. The molecule has 0 aliphatic carbocycles. The van der Waals surface area contributed by atoms with Crippen molar-refractivity contribution in [3.8, 4) is 11.5 Å². The van der Waals surface area contributed by atoms with E-state index in [0.717, 1.165) is 22.4 Å². The van der Waals surface area contributed by atoms with Gasteiger partial charge in [-0.3, -0.25) is 4.79 Å². The number of ether oxygens (including phenoxy) is 2. The summed E-state index contributed by atoms with van der Waals surface area (Å²) in [5, 5.41) is 2.98. The van der Waals surface area contributed by atoms with E-state index in [4.69, 9.17) is 9.47 Å². The number of nitrogens with one attached hydrogen (secondary N) is 1. The molecule has 3 aromatic rings. The van der Waals surface area contributed by atoms with Crippen molar-refractivity contribution in [2.45, 2.75) is 26.4 Å². The minimum Gasteiger partial charge on any atom is -0.496 e. The van der Waals surface area contributed by atoms with Gasteiger partial charge in [-0.05, 0) is 48.2 Å². The van der Waals surface area contributed by atoms with Gasteiger partial charge in [-0.1, -0.05) is 54.6 Å². The minimum atomic E-state index is -0.0562. The highest BCUT2D eigenvalue weighted by molar-refractivity contribution is 5.92. The van der Waals surface area contributed by atoms with E-state index in [1.165, 1.54) is 0 Å². The number of hydrogen-bond acceptors (Lipinski definition) is 3. The van der Waals surface area contributed by atoms with E-state index >= 15 is 0 Å². The van der Waals surface area contributed by atoms with Crippen LogP contribution in [0.4, 0.5) is 5.69 Å². The van der Waals surface area contributed by atoms with Gasteiger partial charge in [0.05, 0.1) is 12.8 Å². The molecule has 0 aliphatic rings. The third-order valence-corrected chi connectivity index (χ3v) is 4.46. The molecule has 0 heterocycles. The van der Waals surface area contributed by atoms with Crippen molar-refractivity contribution >= 4 is 11.6 Å². The van der Waals surface area contributed by atoms with Crippen LogP contribution in [0.25, 0.3) is 0 Å². The summed E-state index contributed by atoms with van der Waals surface area (Å²) in [6, 6.07) is 23.5. The largest absolute Gasteiger partial charge is 0.496 e. The number of hydrogen-bond donors (Lipinski definition) is 1. The van der Waals surface area contributed by atoms with Crippen molar-refractivity contribution in [3.63, 3.8) is 0 Å². The highest BCUT2D eigenvalue weighted by Crippen LogP contribution is 2.27. The Morgan fingerprint density at radius 2 is 1.68 bits per heavy atom. The summed E-state index contributed by atoms with van der Waals surface area (Å²) >= 11 is 0. The Hall–Kier alpha value is -3.27. The minimum absolute atomic E-state index is 0.0562. The molecule has 28 heavy (non-hydrogen) atoms. The lowest BCUT2D eigenvalue weighted by molar-refractivity contribution is -0.116. The van der Waals surface area contributed by atoms with Crippen LogP contribution in [0.1, 0.15) is 23.1 Å². The van der Waals surface area contributed by atoms with Gasteiger partial charge in [0, 0.05) is 6.42 Å². The average Bonchev–Trinajstić information content (AvgIpc) is 2.73. The Kier molecular flexibility index (Phi) is 6.68. The van der Waals surface area contributed by atoms with E-state index < -0.39 is 0 Å². The molecule has 4 nitrogen and oxygen atoms in total. The molecule has 0 spiro atoms. The quantitative estimate of drug-likeness (QED) is 0.592. The Bertz CT molecular complexity index is 922. The number of carbonyl (C=O) groups is 1. The van der Waals surface area contributed by atoms with Crippen molar-refractivity contribution in [2.75, 3.05) is 12.4 Å². The van der Waals surface area contributed by atoms with Crippen LogP contribution in [0.5, 0.6) is 11.5 Å². The van der Waals surface area contributed by atoms with Gasteiger partial charge in [0.1, 0.15) is 18.1 Å². The van der Waals surface area contributed by atoms with Crippen LogP contribution in [0, 0.1) is 6.92 Å². The van der Waals surface area contributed by atoms with Crippen molar-refractivity contribution in [3.05, 3.63) is 89.5 Å². The summed E-state index contributed by atoms with van der Waals surface area (Å²) < 4.78 is 11.3. The van der Waals surface area contributed by atoms with Crippen LogP contribution in [-0.4, -0.2) is 13.0 Å². The standard InChI is InChI=1S/C24H25NO3/c1-18-12-14-21(23(16-18)28-17-19-8-4-3-5-9-19)25-24(26)15-13-20-10-6-7-11-22(20)27-2/h3-12,14,16H,13,15,17H2,1-2H3,(H,25,26). The SMILES string of the molecule is COc1ccccc1CCC(=O)Nc1ccc(C)cc1OCc1ccccc1. The zero-order chi connectivity index (χ0) is 19.8. The van der Waals surface area contributed by atoms with E-state index in [1.807, 2.05) is 79.7 Å². The van der Waals surface area contributed by atoms with E-state index in [1.54, 1.807) is 7.11 Å². The summed E-state index contributed by atoms with van der Waals surface area (Å²) in [4.78, 5) is 12.5. The summed E-state index contributed by atoms with van der Waals surface area (Å²) in [5.41, 5.74) is 3.86. The number of benzene rings is 3. The Morgan fingerprint density at radius 1 is 0.929 bits per heavy atom. The molecule has 0 saturated carbocycles. The third kappa shape index (κ3) is 5.36. The number of rotatable bonds is 8. The maximum Gasteiger partial charge on any atom is 0.224 e. The molecule has 3 aromatic carbocycles. The fourth-order valence-electron chi connectivity index (χ4n) is 2.96. The monoisotopic (exact) mass is 375 g/mol. The lowest BCUT2D eigenvalue weighted by Gasteiger charge is -2.14. The number of carbonyl (C=O) groups excluding carboxylic acids is 1. The second-order valence-corrected chi connectivity index (χ2v) is 6.63. The van der Waals surface area contributed by atoms with E-state index in [9.17, 15) is 4.79 Å². The van der Waals surface area contributed by atoms with Crippen LogP contribution < -0.4 is 14.8 Å². The predicted octanol–water partition coefficient (Wildman–Crippen LogP) is 5.15. The van der Waals surface area contributed by atoms with Gasteiger partial charge < -0.3 is 14.8 Å². The highest BCUT2D eigenvalue weighted by Gasteiger charge is 2.10. The first-order valence-corrected chi connectivity index (χ1v) is 9.35. The first-order valence-electron chi connectivity index (χ1n) is 9.35. The fraction of sp³-hybridized carbons (Fsp3) is 0.208. The molecule has 0 fully saturated rings. The van der Waals surface area contributed by atoms with Crippen LogP contribution in [-0.2, 0) is 17.8 Å². The molecule has 1 N–H and O–H groups in total. The molecule has 0 radical (unpaired) electrons. The van der Waals surface area contributed by atoms with Gasteiger partial charge in [-0.25, -0.2) is 0 Å². The Balaban J connectivity index is 1.63.